The molecule has 21 heavy (non-hydrogen) atoms. The number of nitro groups is 1. The number of benzene rings is 2. The van der Waals surface area contributed by atoms with Gasteiger partial charge in [0, 0.05) is 17.7 Å². The van der Waals surface area contributed by atoms with Crippen LogP contribution in [0.1, 0.15) is 5.56 Å². The molecule has 0 fully saturated rings. The van der Waals surface area contributed by atoms with Gasteiger partial charge in [0.2, 0.25) is 5.75 Å². The number of non-ortho nitro benzene ring substituents is 1. The minimum atomic E-state index is -0.630. The summed E-state index contributed by atoms with van der Waals surface area (Å²) in [7, 11) is 0. The Morgan fingerprint density at radius 1 is 1.05 bits per heavy atom. The van der Waals surface area contributed by atoms with Crippen LogP contribution < -0.4 is 5.43 Å². The fourth-order valence-electron chi connectivity index (χ4n) is 1.52. The van der Waals surface area contributed by atoms with E-state index >= 15 is 0 Å². The number of nitro benzene ring substituents is 1. The molecule has 0 aromatic heterocycles. The third-order valence-electron chi connectivity index (χ3n) is 2.64. The van der Waals surface area contributed by atoms with E-state index in [1.165, 1.54) is 42.6 Å². The van der Waals surface area contributed by atoms with Gasteiger partial charge >= 0.3 is 0 Å². The molecule has 4 N–H and O–H groups in total. The first kappa shape index (κ1) is 14.1. The van der Waals surface area contributed by atoms with Gasteiger partial charge in [-0.1, -0.05) is 0 Å². The van der Waals surface area contributed by atoms with Gasteiger partial charge in [0.25, 0.3) is 5.69 Å². The summed E-state index contributed by atoms with van der Waals surface area (Å²) in [6.07, 6.45) is 1.23. The van der Waals surface area contributed by atoms with Crippen molar-refractivity contribution in [2.24, 2.45) is 5.10 Å². The first-order valence-corrected chi connectivity index (χ1v) is 5.76. The molecular formula is C13H11N3O5. The summed E-state index contributed by atoms with van der Waals surface area (Å²) in [5.74, 6) is -1.56. The van der Waals surface area contributed by atoms with E-state index < -0.39 is 22.2 Å². The molecule has 0 saturated carbocycles. The Morgan fingerprint density at radius 2 is 1.71 bits per heavy atom. The van der Waals surface area contributed by atoms with Crippen molar-refractivity contribution in [2.75, 3.05) is 5.43 Å². The largest absolute Gasteiger partial charge is 0.504 e. The molecule has 0 radical (unpaired) electrons. The van der Waals surface area contributed by atoms with Gasteiger partial charge in [-0.2, -0.15) is 5.10 Å². The lowest BCUT2D eigenvalue weighted by Crippen LogP contribution is -1.92. The number of phenolic OH excluding ortho intramolecular Hbond substituents is 3. The lowest BCUT2D eigenvalue weighted by molar-refractivity contribution is -0.384. The Morgan fingerprint density at radius 3 is 2.33 bits per heavy atom. The number of phenols is 3. The molecule has 8 nitrogen and oxygen atoms in total. The average molecular weight is 289 g/mol. The number of aromatic hydroxyl groups is 3. The monoisotopic (exact) mass is 289 g/mol. The molecule has 0 aliphatic rings. The molecule has 8 heteroatoms. The number of anilines is 1. The smallest absolute Gasteiger partial charge is 0.269 e. The molecule has 0 unspecified atom stereocenters. The molecule has 0 spiro atoms. The topological polar surface area (TPSA) is 128 Å². The molecule has 2 aromatic carbocycles. The van der Waals surface area contributed by atoms with Gasteiger partial charge in [0.05, 0.1) is 16.8 Å². The fourth-order valence-corrected chi connectivity index (χ4v) is 1.52. The van der Waals surface area contributed by atoms with Gasteiger partial charge < -0.3 is 15.3 Å². The summed E-state index contributed by atoms with van der Waals surface area (Å²) in [6.45, 7) is 0. The Bertz CT molecular complexity index is 698. The highest BCUT2D eigenvalue weighted by Crippen LogP contribution is 2.36. The summed E-state index contributed by atoms with van der Waals surface area (Å²) in [6, 6.07) is 8.17. The summed E-state index contributed by atoms with van der Waals surface area (Å²) in [5.41, 5.74) is 3.28. The zero-order chi connectivity index (χ0) is 15.4. The Hall–Kier alpha value is -3.29. The average Bonchev–Trinajstić information content (AvgIpc) is 2.48. The lowest BCUT2D eigenvalue weighted by atomic mass is 10.2. The van der Waals surface area contributed by atoms with E-state index in [-0.39, 0.29) is 11.3 Å². The van der Waals surface area contributed by atoms with Crippen LogP contribution in [0.2, 0.25) is 0 Å². The molecule has 2 aromatic rings. The minimum absolute atomic E-state index is 0.0365. The number of hydrazone groups is 1. The molecule has 0 saturated heterocycles. The maximum absolute atomic E-state index is 10.5. The zero-order valence-corrected chi connectivity index (χ0v) is 10.6. The van der Waals surface area contributed by atoms with Crippen molar-refractivity contribution >= 4 is 17.6 Å². The van der Waals surface area contributed by atoms with Crippen LogP contribution in [0.25, 0.3) is 0 Å². The lowest BCUT2D eigenvalue weighted by Gasteiger charge is -2.03. The molecule has 0 aliphatic heterocycles. The van der Waals surface area contributed by atoms with E-state index in [0.29, 0.717) is 5.69 Å². The van der Waals surface area contributed by atoms with Gasteiger partial charge in [-0.05, 0) is 24.3 Å². The van der Waals surface area contributed by atoms with Crippen molar-refractivity contribution < 1.29 is 20.2 Å². The van der Waals surface area contributed by atoms with Crippen LogP contribution in [0.5, 0.6) is 17.2 Å². The number of hydrogen-bond donors (Lipinski definition) is 4. The van der Waals surface area contributed by atoms with Crippen molar-refractivity contribution in [3.05, 3.63) is 52.1 Å². The van der Waals surface area contributed by atoms with E-state index in [0.717, 1.165) is 0 Å². The summed E-state index contributed by atoms with van der Waals surface area (Å²) >= 11 is 0. The van der Waals surface area contributed by atoms with Crippen molar-refractivity contribution in [3.8, 4) is 17.2 Å². The summed E-state index contributed by atoms with van der Waals surface area (Å²) < 4.78 is 0. The summed E-state index contributed by atoms with van der Waals surface area (Å²) in [5, 5.41) is 42.4. The molecule has 0 heterocycles. The molecule has 108 valence electrons. The second-order valence-electron chi connectivity index (χ2n) is 4.05. The van der Waals surface area contributed by atoms with Crippen molar-refractivity contribution in [1.29, 1.82) is 0 Å². The minimum Gasteiger partial charge on any atom is -0.504 e. The summed E-state index contributed by atoms with van der Waals surface area (Å²) in [4.78, 5) is 9.98. The van der Waals surface area contributed by atoms with Gasteiger partial charge in [0.1, 0.15) is 0 Å². The normalized spacial score (nSPS) is 10.7. The van der Waals surface area contributed by atoms with E-state index in [4.69, 9.17) is 0 Å². The Balaban J connectivity index is 2.09. The van der Waals surface area contributed by atoms with Crippen LogP contribution in [0.15, 0.2) is 41.5 Å². The van der Waals surface area contributed by atoms with E-state index in [1.807, 2.05) is 0 Å². The van der Waals surface area contributed by atoms with Crippen LogP contribution in [0, 0.1) is 10.1 Å². The van der Waals surface area contributed by atoms with Crippen LogP contribution in [0.4, 0.5) is 11.4 Å². The number of nitrogens with zero attached hydrogens (tertiary/aromatic N) is 2. The van der Waals surface area contributed by atoms with Gasteiger partial charge in [-0.3, -0.25) is 15.5 Å². The van der Waals surface area contributed by atoms with Crippen molar-refractivity contribution in [2.45, 2.75) is 0 Å². The molecule has 0 atom stereocenters. The quantitative estimate of drug-likeness (QED) is 0.295. The fraction of sp³-hybridized carbons (Fsp3) is 0. The second kappa shape index (κ2) is 5.78. The number of rotatable bonds is 4. The van der Waals surface area contributed by atoms with Gasteiger partial charge in [0.15, 0.2) is 11.5 Å². The maximum Gasteiger partial charge on any atom is 0.269 e. The predicted molar refractivity (Wildman–Crippen MR) is 75.7 cm³/mol. The van der Waals surface area contributed by atoms with E-state index in [2.05, 4.69) is 10.5 Å². The van der Waals surface area contributed by atoms with Crippen LogP contribution in [0.3, 0.4) is 0 Å². The number of hydrogen-bond acceptors (Lipinski definition) is 7. The molecule has 0 amide bonds. The highest BCUT2D eigenvalue weighted by Gasteiger charge is 2.09. The van der Waals surface area contributed by atoms with Crippen LogP contribution >= 0.6 is 0 Å². The standard InChI is InChI=1S/C13H11N3O5/c17-11-6-1-8(12(18)13(11)19)7-14-15-9-2-4-10(5-3-9)16(20)21/h1-7,15,17-19H/b14-7+. The first-order valence-electron chi connectivity index (χ1n) is 5.76. The molecule has 0 aliphatic carbocycles. The highest BCUT2D eigenvalue weighted by atomic mass is 16.6. The predicted octanol–water partition coefficient (Wildman–Crippen LogP) is 2.16. The second-order valence-corrected chi connectivity index (χ2v) is 4.05. The van der Waals surface area contributed by atoms with Crippen molar-refractivity contribution in [3.63, 3.8) is 0 Å². The zero-order valence-electron chi connectivity index (χ0n) is 10.6. The van der Waals surface area contributed by atoms with Crippen LogP contribution in [-0.2, 0) is 0 Å². The molecule has 0 bridgehead atoms. The van der Waals surface area contributed by atoms with E-state index in [9.17, 15) is 25.4 Å². The highest BCUT2D eigenvalue weighted by molar-refractivity contribution is 5.86. The third-order valence-corrected chi connectivity index (χ3v) is 2.64. The third kappa shape index (κ3) is 3.18. The first-order chi connectivity index (χ1) is 9.99. The van der Waals surface area contributed by atoms with Gasteiger partial charge in [-0.25, -0.2) is 0 Å². The van der Waals surface area contributed by atoms with Crippen LogP contribution in [-0.4, -0.2) is 26.5 Å². The number of nitrogens with one attached hydrogen (secondary N) is 1. The van der Waals surface area contributed by atoms with Gasteiger partial charge in [-0.15, -0.1) is 0 Å². The Kier molecular flexibility index (Phi) is 3.89. The SMILES string of the molecule is O=[N+]([O-])c1ccc(N/N=C/c2ccc(O)c(O)c2O)cc1. The maximum atomic E-state index is 10.5. The Labute approximate surface area is 118 Å². The van der Waals surface area contributed by atoms with E-state index in [1.54, 1.807) is 0 Å². The molecular weight excluding hydrogens is 278 g/mol. The van der Waals surface area contributed by atoms with Crippen molar-refractivity contribution in [1.82, 2.24) is 0 Å². The molecule has 2 rings (SSSR count).